The number of hydrogen-bond donors (Lipinski definition) is 0. The SMILES string of the molecule is CCCCCCCOCCOCCOCCOCCOCCOCCOCCOC(CCC)CCC. The molecule has 0 atom stereocenters. The Hall–Kier alpha value is -0.320. The average Bonchev–Trinajstić information content (AvgIpc) is 2.88. The fourth-order valence-corrected chi connectivity index (χ4v) is 3.46. The third-order valence-corrected chi connectivity index (χ3v) is 5.43. The van der Waals surface area contributed by atoms with Crippen molar-refractivity contribution in [1.82, 2.24) is 0 Å². The van der Waals surface area contributed by atoms with Gasteiger partial charge in [0.15, 0.2) is 0 Å². The first-order valence-corrected chi connectivity index (χ1v) is 14.5. The summed E-state index contributed by atoms with van der Waals surface area (Å²) in [4.78, 5) is 0. The first-order chi connectivity index (χ1) is 17.8. The van der Waals surface area contributed by atoms with Gasteiger partial charge in [-0.15, -0.1) is 0 Å². The summed E-state index contributed by atoms with van der Waals surface area (Å²) in [7, 11) is 0. The molecule has 8 nitrogen and oxygen atoms in total. The third-order valence-electron chi connectivity index (χ3n) is 5.43. The lowest BCUT2D eigenvalue weighted by Crippen LogP contribution is -2.17. The van der Waals surface area contributed by atoms with Crippen molar-refractivity contribution < 1.29 is 37.9 Å². The molecule has 0 amide bonds. The molecule has 0 aliphatic carbocycles. The largest absolute Gasteiger partial charge is 0.379 e. The molecule has 36 heavy (non-hydrogen) atoms. The van der Waals surface area contributed by atoms with Gasteiger partial charge in [-0.05, 0) is 19.3 Å². The predicted molar refractivity (Wildman–Crippen MR) is 144 cm³/mol. The molecule has 0 aliphatic heterocycles. The van der Waals surface area contributed by atoms with Gasteiger partial charge in [-0.2, -0.15) is 0 Å². The maximum atomic E-state index is 5.86. The van der Waals surface area contributed by atoms with E-state index in [2.05, 4.69) is 20.8 Å². The molecule has 0 unspecified atom stereocenters. The maximum absolute atomic E-state index is 5.86. The number of unbranched alkanes of at least 4 members (excludes halogenated alkanes) is 4. The van der Waals surface area contributed by atoms with Crippen molar-refractivity contribution in [3.63, 3.8) is 0 Å². The van der Waals surface area contributed by atoms with Gasteiger partial charge in [0.05, 0.1) is 98.6 Å². The number of rotatable bonds is 32. The zero-order chi connectivity index (χ0) is 26.2. The molecule has 0 saturated heterocycles. The Morgan fingerprint density at radius 3 is 1.03 bits per heavy atom. The van der Waals surface area contributed by atoms with Gasteiger partial charge in [-0.25, -0.2) is 0 Å². The van der Waals surface area contributed by atoms with E-state index in [1.54, 1.807) is 0 Å². The van der Waals surface area contributed by atoms with E-state index in [0.29, 0.717) is 98.6 Å². The lowest BCUT2D eigenvalue weighted by atomic mass is 10.1. The van der Waals surface area contributed by atoms with Crippen molar-refractivity contribution in [2.75, 3.05) is 99.1 Å². The summed E-state index contributed by atoms with van der Waals surface area (Å²) < 4.78 is 44.4. The zero-order valence-corrected chi connectivity index (χ0v) is 23.8. The fraction of sp³-hybridized carbons (Fsp3) is 1.00. The van der Waals surface area contributed by atoms with Crippen LogP contribution in [0.3, 0.4) is 0 Å². The molecule has 0 spiro atoms. The predicted octanol–water partition coefficient (Wildman–Crippen LogP) is 5.06. The monoisotopic (exact) mass is 522 g/mol. The molecule has 0 N–H and O–H groups in total. The van der Waals surface area contributed by atoms with Crippen LogP contribution in [0.15, 0.2) is 0 Å². The smallest absolute Gasteiger partial charge is 0.0704 e. The Morgan fingerprint density at radius 1 is 0.333 bits per heavy atom. The molecule has 0 radical (unpaired) electrons. The van der Waals surface area contributed by atoms with E-state index in [9.17, 15) is 0 Å². The summed E-state index contributed by atoms with van der Waals surface area (Å²) in [6.07, 6.45) is 11.3. The van der Waals surface area contributed by atoms with Gasteiger partial charge >= 0.3 is 0 Å². The van der Waals surface area contributed by atoms with Crippen LogP contribution in [0.5, 0.6) is 0 Å². The topological polar surface area (TPSA) is 73.8 Å². The molecular weight excluding hydrogens is 464 g/mol. The molecule has 0 bridgehead atoms. The Labute approximate surface area is 222 Å². The van der Waals surface area contributed by atoms with E-state index < -0.39 is 0 Å². The van der Waals surface area contributed by atoms with E-state index in [-0.39, 0.29) is 0 Å². The van der Waals surface area contributed by atoms with Crippen molar-refractivity contribution in [1.29, 1.82) is 0 Å². The van der Waals surface area contributed by atoms with Crippen molar-refractivity contribution in [2.45, 2.75) is 84.7 Å². The molecule has 0 aliphatic rings. The van der Waals surface area contributed by atoms with Gasteiger partial charge in [0, 0.05) is 6.61 Å². The Bertz CT molecular complexity index is 381. The van der Waals surface area contributed by atoms with Crippen molar-refractivity contribution in [3.05, 3.63) is 0 Å². The normalized spacial score (nSPS) is 11.7. The van der Waals surface area contributed by atoms with Crippen LogP contribution < -0.4 is 0 Å². The van der Waals surface area contributed by atoms with E-state index >= 15 is 0 Å². The van der Waals surface area contributed by atoms with Gasteiger partial charge in [-0.3, -0.25) is 0 Å². The molecule has 0 heterocycles. The van der Waals surface area contributed by atoms with Crippen molar-refractivity contribution in [3.8, 4) is 0 Å². The second-order valence-electron chi connectivity index (χ2n) is 8.77. The fourth-order valence-electron chi connectivity index (χ4n) is 3.46. The van der Waals surface area contributed by atoms with Gasteiger partial charge in [0.2, 0.25) is 0 Å². The molecule has 0 fully saturated rings. The van der Waals surface area contributed by atoms with Crippen LogP contribution in [-0.4, -0.2) is 105 Å². The van der Waals surface area contributed by atoms with Crippen LogP contribution in [0.1, 0.15) is 78.6 Å². The summed E-state index contributed by atoms with van der Waals surface area (Å²) in [5.74, 6) is 0. The second kappa shape index (κ2) is 32.7. The maximum Gasteiger partial charge on any atom is 0.0704 e. The molecule has 0 aromatic rings. The minimum absolute atomic E-state index is 0.373. The van der Waals surface area contributed by atoms with E-state index in [1.165, 1.54) is 25.7 Å². The number of hydrogen-bond acceptors (Lipinski definition) is 8. The minimum atomic E-state index is 0.373. The van der Waals surface area contributed by atoms with E-state index in [0.717, 1.165) is 38.7 Å². The highest BCUT2D eigenvalue weighted by Gasteiger charge is 2.06. The standard InChI is InChI=1S/C28H58O8/c1-4-7-8-9-10-13-29-14-15-30-16-17-31-18-19-32-20-21-33-22-23-34-24-25-35-26-27-36-28(11-5-2)12-6-3/h28H,4-27H2,1-3H3. The molecule has 0 saturated carbocycles. The van der Waals surface area contributed by atoms with Crippen LogP contribution >= 0.6 is 0 Å². The van der Waals surface area contributed by atoms with Gasteiger partial charge < -0.3 is 37.9 Å². The van der Waals surface area contributed by atoms with Crippen LogP contribution in [-0.2, 0) is 37.9 Å². The lowest BCUT2D eigenvalue weighted by molar-refractivity contribution is -0.0299. The first kappa shape index (κ1) is 35.7. The Morgan fingerprint density at radius 2 is 0.667 bits per heavy atom. The first-order valence-electron chi connectivity index (χ1n) is 14.5. The van der Waals surface area contributed by atoms with Crippen molar-refractivity contribution >= 4 is 0 Å². The third kappa shape index (κ3) is 29.9. The van der Waals surface area contributed by atoms with Crippen molar-refractivity contribution in [2.24, 2.45) is 0 Å². The quantitative estimate of drug-likeness (QED) is 0.114. The number of ether oxygens (including phenoxy) is 8. The summed E-state index contributed by atoms with van der Waals surface area (Å²) in [5, 5.41) is 0. The highest BCUT2D eigenvalue weighted by Crippen LogP contribution is 2.08. The average molecular weight is 523 g/mol. The summed E-state index contributed by atoms with van der Waals surface area (Å²) >= 11 is 0. The Kier molecular flexibility index (Phi) is 32.4. The second-order valence-corrected chi connectivity index (χ2v) is 8.77. The van der Waals surface area contributed by atoms with Gasteiger partial charge in [0.25, 0.3) is 0 Å². The van der Waals surface area contributed by atoms with Crippen LogP contribution in [0.2, 0.25) is 0 Å². The highest BCUT2D eigenvalue weighted by molar-refractivity contribution is 4.56. The highest BCUT2D eigenvalue weighted by atomic mass is 16.6. The summed E-state index contributed by atoms with van der Waals surface area (Å²) in [5.41, 5.74) is 0. The minimum Gasteiger partial charge on any atom is -0.379 e. The van der Waals surface area contributed by atoms with Crippen LogP contribution in [0, 0.1) is 0 Å². The van der Waals surface area contributed by atoms with Crippen LogP contribution in [0.25, 0.3) is 0 Å². The van der Waals surface area contributed by atoms with E-state index in [1.807, 2.05) is 0 Å². The van der Waals surface area contributed by atoms with E-state index in [4.69, 9.17) is 37.9 Å². The van der Waals surface area contributed by atoms with Gasteiger partial charge in [-0.1, -0.05) is 59.3 Å². The molecule has 8 heteroatoms. The van der Waals surface area contributed by atoms with Gasteiger partial charge in [0.1, 0.15) is 0 Å². The zero-order valence-electron chi connectivity index (χ0n) is 23.8. The molecule has 0 aromatic carbocycles. The lowest BCUT2D eigenvalue weighted by Gasteiger charge is -2.16. The molecule has 218 valence electrons. The molecular formula is C28H58O8. The Balaban J connectivity index is 3.10. The summed E-state index contributed by atoms with van der Waals surface area (Å²) in [6, 6.07) is 0. The van der Waals surface area contributed by atoms with Crippen LogP contribution in [0.4, 0.5) is 0 Å². The molecule has 0 rings (SSSR count). The molecule has 0 aromatic heterocycles. The summed E-state index contributed by atoms with van der Waals surface area (Å²) in [6.45, 7) is 15.6.